The maximum absolute atomic E-state index is 11.8. The van der Waals surface area contributed by atoms with Gasteiger partial charge in [0.1, 0.15) is 0 Å². The summed E-state index contributed by atoms with van der Waals surface area (Å²) in [5.41, 5.74) is 0.744. The van der Waals surface area contributed by atoms with E-state index in [0.29, 0.717) is 5.02 Å². The molecule has 1 amide bonds. The molecule has 0 fully saturated rings. The molecule has 7 heteroatoms. The first-order valence-electron chi connectivity index (χ1n) is 7.66. The standard InChI is InChI=1S/C17H22ClNO5/c1-10(2)16(22)11(3)24-17(23)19-9-13(8-15(20)21)12-4-6-14(18)7-5-12/h4-7,10-11,13H,8-9H2,1-3H3,(H,19,23)(H,20,21)/t11-,13-/m0/s1. The second kappa shape index (κ2) is 9.27. The molecule has 0 aliphatic heterocycles. The monoisotopic (exact) mass is 355 g/mol. The number of rotatable bonds is 8. The van der Waals surface area contributed by atoms with Crippen LogP contribution in [0.4, 0.5) is 4.79 Å². The Morgan fingerprint density at radius 2 is 1.75 bits per heavy atom. The van der Waals surface area contributed by atoms with Crippen LogP contribution in [0.1, 0.15) is 38.7 Å². The minimum absolute atomic E-state index is 0.0787. The fourth-order valence-electron chi connectivity index (χ4n) is 2.19. The molecule has 0 radical (unpaired) electrons. The number of amides is 1. The largest absolute Gasteiger partial charge is 0.481 e. The van der Waals surface area contributed by atoms with E-state index in [1.807, 2.05) is 0 Å². The van der Waals surface area contributed by atoms with Crippen molar-refractivity contribution in [2.24, 2.45) is 5.92 Å². The van der Waals surface area contributed by atoms with Crippen LogP contribution in [0.15, 0.2) is 24.3 Å². The highest BCUT2D eigenvalue weighted by molar-refractivity contribution is 6.30. The minimum atomic E-state index is -0.978. The number of carboxylic acids is 1. The molecule has 0 saturated heterocycles. The zero-order chi connectivity index (χ0) is 18.3. The zero-order valence-electron chi connectivity index (χ0n) is 13.9. The predicted octanol–water partition coefficient (Wildman–Crippen LogP) is 3.24. The van der Waals surface area contributed by atoms with Crippen LogP contribution >= 0.6 is 11.6 Å². The van der Waals surface area contributed by atoms with Gasteiger partial charge in [0, 0.05) is 23.4 Å². The summed E-state index contributed by atoms with van der Waals surface area (Å²) in [6.07, 6.45) is -1.75. The van der Waals surface area contributed by atoms with Crippen molar-refractivity contribution in [3.63, 3.8) is 0 Å². The molecule has 1 aromatic carbocycles. The van der Waals surface area contributed by atoms with E-state index in [1.54, 1.807) is 38.1 Å². The fraction of sp³-hybridized carbons (Fsp3) is 0.471. The molecule has 0 unspecified atom stereocenters. The van der Waals surface area contributed by atoms with Crippen molar-refractivity contribution in [3.8, 4) is 0 Å². The summed E-state index contributed by atoms with van der Waals surface area (Å²) >= 11 is 5.82. The maximum atomic E-state index is 11.8. The summed E-state index contributed by atoms with van der Waals surface area (Å²) < 4.78 is 5.02. The van der Waals surface area contributed by atoms with E-state index in [0.717, 1.165) is 5.56 Å². The zero-order valence-corrected chi connectivity index (χ0v) is 14.7. The first kappa shape index (κ1) is 20.0. The van der Waals surface area contributed by atoms with E-state index in [2.05, 4.69) is 5.32 Å². The summed E-state index contributed by atoms with van der Waals surface area (Å²) in [5.74, 6) is -1.82. The third-order valence-electron chi connectivity index (χ3n) is 3.51. The molecule has 0 aliphatic rings. The molecule has 6 nitrogen and oxygen atoms in total. The SMILES string of the molecule is CC(C)C(=O)[C@H](C)OC(=O)NC[C@H](CC(=O)O)c1ccc(Cl)cc1. The molecule has 1 aromatic rings. The third kappa shape index (κ3) is 6.58. The number of carbonyl (C=O) groups excluding carboxylic acids is 2. The molecule has 2 atom stereocenters. The van der Waals surface area contributed by atoms with Crippen molar-refractivity contribution >= 4 is 29.4 Å². The number of nitrogens with one attached hydrogen (secondary N) is 1. The lowest BCUT2D eigenvalue weighted by molar-refractivity contribution is -0.137. The Morgan fingerprint density at radius 1 is 1.17 bits per heavy atom. The second-order valence-electron chi connectivity index (χ2n) is 5.83. The molecule has 0 bridgehead atoms. The normalized spacial score (nSPS) is 13.2. The van der Waals surface area contributed by atoms with Crippen LogP contribution in [0.2, 0.25) is 5.02 Å². The summed E-state index contributed by atoms with van der Waals surface area (Å²) in [4.78, 5) is 34.5. The number of Topliss-reactive ketones (excluding diaryl/α,β-unsaturated/α-hetero) is 1. The number of aliphatic carboxylic acids is 1. The topological polar surface area (TPSA) is 92.7 Å². The lowest BCUT2D eigenvalue weighted by atomic mass is 9.96. The Bertz CT molecular complexity index is 585. The Kier molecular flexibility index (Phi) is 7.71. The van der Waals surface area contributed by atoms with E-state index >= 15 is 0 Å². The quantitative estimate of drug-likeness (QED) is 0.746. The highest BCUT2D eigenvalue weighted by Gasteiger charge is 2.22. The van der Waals surface area contributed by atoms with Crippen LogP contribution in [-0.4, -0.2) is 35.6 Å². The van der Waals surface area contributed by atoms with Crippen LogP contribution < -0.4 is 5.32 Å². The maximum Gasteiger partial charge on any atom is 0.407 e. The number of benzene rings is 1. The van der Waals surface area contributed by atoms with Gasteiger partial charge in [0.25, 0.3) is 0 Å². The summed E-state index contributed by atoms with van der Waals surface area (Å²) in [6.45, 7) is 5.04. The van der Waals surface area contributed by atoms with Crippen LogP contribution in [-0.2, 0) is 14.3 Å². The summed E-state index contributed by atoms with van der Waals surface area (Å²) in [6, 6.07) is 6.75. The number of hydrogen-bond donors (Lipinski definition) is 2. The Labute approximate surface area is 146 Å². The van der Waals surface area contributed by atoms with Gasteiger partial charge in [-0.3, -0.25) is 9.59 Å². The van der Waals surface area contributed by atoms with Crippen LogP contribution in [0, 0.1) is 5.92 Å². The molecule has 0 saturated carbocycles. The predicted molar refractivity (Wildman–Crippen MR) is 90.2 cm³/mol. The van der Waals surface area contributed by atoms with Crippen molar-refractivity contribution in [3.05, 3.63) is 34.9 Å². The average molecular weight is 356 g/mol. The van der Waals surface area contributed by atoms with Gasteiger partial charge in [0.05, 0.1) is 6.42 Å². The third-order valence-corrected chi connectivity index (χ3v) is 3.76. The number of ether oxygens (including phenoxy) is 1. The van der Waals surface area contributed by atoms with Gasteiger partial charge in [-0.25, -0.2) is 4.79 Å². The first-order chi connectivity index (χ1) is 11.2. The number of carboxylic acid groups (broad SMARTS) is 1. The van der Waals surface area contributed by atoms with Gasteiger partial charge in [0.15, 0.2) is 11.9 Å². The van der Waals surface area contributed by atoms with Crippen molar-refractivity contribution in [1.82, 2.24) is 5.32 Å². The molecular weight excluding hydrogens is 334 g/mol. The van der Waals surface area contributed by atoms with Crippen LogP contribution in [0.25, 0.3) is 0 Å². The van der Waals surface area contributed by atoms with Crippen molar-refractivity contribution in [2.75, 3.05) is 6.54 Å². The highest BCUT2D eigenvalue weighted by Crippen LogP contribution is 2.21. The second-order valence-corrected chi connectivity index (χ2v) is 6.27. The van der Waals surface area contributed by atoms with Gasteiger partial charge in [-0.15, -0.1) is 0 Å². The van der Waals surface area contributed by atoms with E-state index in [-0.39, 0.29) is 24.7 Å². The van der Waals surface area contributed by atoms with Gasteiger partial charge in [-0.2, -0.15) is 0 Å². The number of ketones is 1. The van der Waals surface area contributed by atoms with Crippen molar-refractivity contribution < 1.29 is 24.2 Å². The lowest BCUT2D eigenvalue weighted by Gasteiger charge is -2.18. The Morgan fingerprint density at radius 3 is 2.25 bits per heavy atom. The lowest BCUT2D eigenvalue weighted by Crippen LogP contribution is -2.35. The number of hydrogen-bond acceptors (Lipinski definition) is 4. The molecule has 0 spiro atoms. The molecule has 0 aliphatic carbocycles. The Balaban J connectivity index is 2.64. The summed E-state index contributed by atoms with van der Waals surface area (Å²) in [5, 5.41) is 12.1. The number of carbonyl (C=O) groups is 3. The number of halogens is 1. The summed E-state index contributed by atoms with van der Waals surface area (Å²) in [7, 11) is 0. The smallest absolute Gasteiger partial charge is 0.407 e. The van der Waals surface area contributed by atoms with Crippen LogP contribution in [0.3, 0.4) is 0 Å². The average Bonchev–Trinajstić information content (AvgIpc) is 2.51. The van der Waals surface area contributed by atoms with E-state index in [4.69, 9.17) is 21.4 Å². The molecular formula is C17H22ClNO5. The van der Waals surface area contributed by atoms with Crippen molar-refractivity contribution in [2.45, 2.75) is 39.2 Å². The number of alkyl carbamates (subject to hydrolysis) is 1. The minimum Gasteiger partial charge on any atom is -0.481 e. The van der Waals surface area contributed by atoms with E-state index in [1.165, 1.54) is 6.92 Å². The van der Waals surface area contributed by atoms with Crippen molar-refractivity contribution in [1.29, 1.82) is 0 Å². The highest BCUT2D eigenvalue weighted by atomic mass is 35.5. The van der Waals surface area contributed by atoms with Crippen LogP contribution in [0.5, 0.6) is 0 Å². The van der Waals surface area contributed by atoms with Gasteiger partial charge < -0.3 is 15.2 Å². The van der Waals surface area contributed by atoms with Gasteiger partial charge in [-0.05, 0) is 24.6 Å². The van der Waals surface area contributed by atoms with Gasteiger partial charge in [-0.1, -0.05) is 37.6 Å². The first-order valence-corrected chi connectivity index (χ1v) is 8.04. The molecule has 1 rings (SSSR count). The van der Waals surface area contributed by atoms with E-state index < -0.39 is 24.1 Å². The molecule has 0 heterocycles. The molecule has 0 aromatic heterocycles. The molecule has 24 heavy (non-hydrogen) atoms. The molecule has 132 valence electrons. The molecule has 2 N–H and O–H groups in total. The van der Waals surface area contributed by atoms with Gasteiger partial charge in [0.2, 0.25) is 0 Å². The van der Waals surface area contributed by atoms with Gasteiger partial charge >= 0.3 is 12.1 Å². The fourth-order valence-corrected chi connectivity index (χ4v) is 2.32. The Hall–Kier alpha value is -2.08. The van der Waals surface area contributed by atoms with E-state index in [9.17, 15) is 14.4 Å².